The maximum absolute atomic E-state index is 12.1. The largest absolute Gasteiger partial charge is 0.307 e. The number of rotatable bonds is 5. The second-order valence-corrected chi connectivity index (χ2v) is 5.33. The molecule has 0 aliphatic rings. The van der Waals surface area contributed by atoms with E-state index in [9.17, 15) is 8.42 Å². The van der Waals surface area contributed by atoms with E-state index in [1.165, 1.54) is 23.6 Å². The van der Waals surface area contributed by atoms with E-state index in [0.717, 1.165) is 6.42 Å². The molecule has 6 nitrogen and oxygen atoms in total. The molecule has 0 unspecified atom stereocenters. The lowest BCUT2D eigenvalue weighted by molar-refractivity contribution is 0.468. The van der Waals surface area contributed by atoms with Crippen molar-refractivity contribution in [2.75, 3.05) is 19.0 Å². The lowest BCUT2D eigenvalue weighted by Crippen LogP contribution is -2.29. The van der Waals surface area contributed by atoms with Crippen LogP contribution in [0.15, 0.2) is 23.2 Å². The van der Waals surface area contributed by atoms with Gasteiger partial charge in [0.2, 0.25) is 10.0 Å². The van der Waals surface area contributed by atoms with Crippen molar-refractivity contribution in [3.05, 3.63) is 18.3 Å². The third-order valence-electron chi connectivity index (χ3n) is 2.13. The van der Waals surface area contributed by atoms with Gasteiger partial charge in [-0.1, -0.05) is 6.92 Å². The summed E-state index contributed by atoms with van der Waals surface area (Å²) in [6.45, 7) is 2.37. The summed E-state index contributed by atoms with van der Waals surface area (Å²) in [6, 6.07) is 3.04. The smallest absolute Gasteiger partial charge is 0.246 e. The SMILES string of the molecule is CCCN(C)S(=O)(=O)c1cccnc1NN. The van der Waals surface area contributed by atoms with Crippen molar-refractivity contribution in [2.45, 2.75) is 18.2 Å². The van der Waals surface area contributed by atoms with Crippen LogP contribution in [-0.2, 0) is 10.0 Å². The molecule has 0 saturated carbocycles. The molecule has 0 radical (unpaired) electrons. The maximum Gasteiger partial charge on any atom is 0.246 e. The van der Waals surface area contributed by atoms with Gasteiger partial charge >= 0.3 is 0 Å². The van der Waals surface area contributed by atoms with Crippen molar-refractivity contribution in [3.63, 3.8) is 0 Å². The number of aromatic nitrogens is 1. The fraction of sp³-hybridized carbons (Fsp3) is 0.444. The van der Waals surface area contributed by atoms with Crippen molar-refractivity contribution in [3.8, 4) is 0 Å². The van der Waals surface area contributed by atoms with Gasteiger partial charge in [-0.25, -0.2) is 23.5 Å². The van der Waals surface area contributed by atoms with Crippen LogP contribution >= 0.6 is 0 Å². The van der Waals surface area contributed by atoms with Gasteiger partial charge in [0, 0.05) is 19.8 Å². The molecule has 1 aromatic rings. The second kappa shape index (κ2) is 5.24. The Morgan fingerprint density at radius 3 is 2.81 bits per heavy atom. The van der Waals surface area contributed by atoms with Gasteiger partial charge in [0.05, 0.1) is 0 Å². The Labute approximate surface area is 95.5 Å². The number of nitrogens with zero attached hydrogens (tertiary/aromatic N) is 2. The standard InChI is InChI=1S/C9H16N4O2S/c1-3-7-13(2)16(14,15)8-5-4-6-11-9(8)12-10/h4-6H,3,7,10H2,1-2H3,(H,11,12). The highest BCUT2D eigenvalue weighted by Gasteiger charge is 2.23. The van der Waals surface area contributed by atoms with Crippen LogP contribution in [-0.4, -0.2) is 31.3 Å². The van der Waals surface area contributed by atoms with Gasteiger partial charge < -0.3 is 5.43 Å². The Hall–Kier alpha value is -1.18. The predicted octanol–water partition coefficient (Wildman–Crippen LogP) is 0.398. The lowest BCUT2D eigenvalue weighted by atomic mass is 10.5. The number of hydrogen-bond acceptors (Lipinski definition) is 5. The zero-order valence-corrected chi connectivity index (χ0v) is 10.2. The van der Waals surface area contributed by atoms with Crippen LogP contribution in [0.4, 0.5) is 5.82 Å². The van der Waals surface area contributed by atoms with Crippen molar-refractivity contribution in [1.82, 2.24) is 9.29 Å². The van der Waals surface area contributed by atoms with Gasteiger partial charge in [-0.3, -0.25) is 0 Å². The summed E-state index contributed by atoms with van der Waals surface area (Å²) in [6.07, 6.45) is 2.23. The Morgan fingerprint density at radius 1 is 1.56 bits per heavy atom. The molecule has 1 aromatic heterocycles. The first kappa shape index (κ1) is 12.9. The number of hydrazine groups is 1. The summed E-state index contributed by atoms with van der Waals surface area (Å²) in [4.78, 5) is 3.96. The van der Waals surface area contributed by atoms with Crippen LogP contribution in [0.25, 0.3) is 0 Å². The topological polar surface area (TPSA) is 88.3 Å². The van der Waals surface area contributed by atoms with Gasteiger partial charge in [0.15, 0.2) is 5.82 Å². The van der Waals surface area contributed by atoms with E-state index in [0.29, 0.717) is 6.54 Å². The first-order valence-electron chi connectivity index (χ1n) is 4.92. The molecule has 0 aliphatic carbocycles. The minimum atomic E-state index is -3.52. The molecule has 16 heavy (non-hydrogen) atoms. The number of sulfonamides is 1. The molecule has 7 heteroatoms. The van der Waals surface area contributed by atoms with Crippen molar-refractivity contribution in [1.29, 1.82) is 0 Å². The third kappa shape index (κ3) is 2.49. The van der Waals surface area contributed by atoms with Gasteiger partial charge in [-0.2, -0.15) is 0 Å². The second-order valence-electron chi connectivity index (χ2n) is 3.32. The highest BCUT2D eigenvalue weighted by molar-refractivity contribution is 7.89. The molecule has 0 aromatic carbocycles. The molecule has 0 amide bonds. The molecule has 90 valence electrons. The Bertz CT molecular complexity index is 447. The molecular formula is C9H16N4O2S. The molecule has 1 heterocycles. The van der Waals surface area contributed by atoms with Gasteiger partial charge in [-0.05, 0) is 18.6 Å². The number of nitrogen functional groups attached to an aromatic ring is 1. The zero-order chi connectivity index (χ0) is 12.2. The molecule has 3 N–H and O–H groups in total. The zero-order valence-electron chi connectivity index (χ0n) is 9.34. The van der Waals surface area contributed by atoms with E-state index < -0.39 is 10.0 Å². The van der Waals surface area contributed by atoms with Crippen LogP contribution in [0.1, 0.15) is 13.3 Å². The summed E-state index contributed by atoms with van der Waals surface area (Å²) >= 11 is 0. The van der Waals surface area contributed by atoms with Gasteiger partial charge in [0.1, 0.15) is 4.90 Å². The monoisotopic (exact) mass is 244 g/mol. The van der Waals surface area contributed by atoms with Crippen LogP contribution in [0.5, 0.6) is 0 Å². The quantitative estimate of drug-likeness (QED) is 0.578. The number of hydrogen-bond donors (Lipinski definition) is 2. The average Bonchev–Trinajstić information content (AvgIpc) is 2.29. The fourth-order valence-electron chi connectivity index (χ4n) is 1.31. The third-order valence-corrected chi connectivity index (χ3v) is 4.02. The maximum atomic E-state index is 12.1. The van der Waals surface area contributed by atoms with E-state index in [-0.39, 0.29) is 10.7 Å². The van der Waals surface area contributed by atoms with Crippen molar-refractivity contribution < 1.29 is 8.42 Å². The molecule has 0 saturated heterocycles. The van der Waals surface area contributed by atoms with Crippen molar-refractivity contribution in [2.24, 2.45) is 5.84 Å². The van der Waals surface area contributed by atoms with Crippen LogP contribution < -0.4 is 11.3 Å². The van der Waals surface area contributed by atoms with Crippen molar-refractivity contribution >= 4 is 15.8 Å². The molecule has 0 bridgehead atoms. The summed E-state index contributed by atoms with van der Waals surface area (Å²) in [7, 11) is -1.98. The highest BCUT2D eigenvalue weighted by atomic mass is 32.2. The number of anilines is 1. The highest BCUT2D eigenvalue weighted by Crippen LogP contribution is 2.20. The molecule has 0 aliphatic heterocycles. The molecule has 1 rings (SSSR count). The first-order valence-corrected chi connectivity index (χ1v) is 6.36. The Kier molecular flexibility index (Phi) is 4.22. The summed E-state index contributed by atoms with van der Waals surface area (Å²) in [5.41, 5.74) is 2.28. The summed E-state index contributed by atoms with van der Waals surface area (Å²) in [5.74, 6) is 5.38. The summed E-state index contributed by atoms with van der Waals surface area (Å²) in [5, 5.41) is 0. The van der Waals surface area contributed by atoms with E-state index >= 15 is 0 Å². The van der Waals surface area contributed by atoms with E-state index in [1.54, 1.807) is 6.07 Å². The normalized spacial score (nSPS) is 11.8. The van der Waals surface area contributed by atoms with E-state index in [4.69, 9.17) is 5.84 Å². The number of pyridine rings is 1. The van der Waals surface area contributed by atoms with Gasteiger partial charge in [0.25, 0.3) is 0 Å². The van der Waals surface area contributed by atoms with Crippen LogP contribution in [0.2, 0.25) is 0 Å². The lowest BCUT2D eigenvalue weighted by Gasteiger charge is -2.17. The average molecular weight is 244 g/mol. The minimum absolute atomic E-state index is 0.0912. The Balaban J connectivity index is 3.16. The Morgan fingerprint density at radius 2 is 2.25 bits per heavy atom. The van der Waals surface area contributed by atoms with E-state index in [1.807, 2.05) is 6.92 Å². The minimum Gasteiger partial charge on any atom is -0.307 e. The molecular weight excluding hydrogens is 228 g/mol. The number of nitrogens with one attached hydrogen (secondary N) is 1. The predicted molar refractivity (Wildman–Crippen MR) is 62.2 cm³/mol. The van der Waals surface area contributed by atoms with E-state index in [2.05, 4.69) is 10.4 Å². The van der Waals surface area contributed by atoms with Crippen LogP contribution in [0.3, 0.4) is 0 Å². The molecule has 0 atom stereocenters. The van der Waals surface area contributed by atoms with Gasteiger partial charge in [-0.15, -0.1) is 0 Å². The first-order chi connectivity index (χ1) is 7.54. The van der Waals surface area contributed by atoms with Crippen LogP contribution in [0, 0.1) is 0 Å². The fourth-order valence-corrected chi connectivity index (χ4v) is 2.68. The number of nitrogens with two attached hydrogens (primary N) is 1. The molecule has 0 spiro atoms. The summed E-state index contributed by atoms with van der Waals surface area (Å²) < 4.78 is 25.5. The molecule has 0 fully saturated rings.